The highest BCUT2D eigenvalue weighted by Crippen LogP contribution is 2.22. The molecular weight excluding hydrogens is 228 g/mol. The second-order valence-electron chi connectivity index (χ2n) is 4.86. The zero-order chi connectivity index (χ0) is 13.0. The molecule has 1 aromatic carbocycles. The van der Waals surface area contributed by atoms with Crippen LogP contribution in [0.3, 0.4) is 0 Å². The molecule has 2 rings (SSSR count). The van der Waals surface area contributed by atoms with E-state index in [0.717, 1.165) is 18.8 Å². The number of nitrogens with one attached hydrogen (secondary N) is 1. The third-order valence-corrected chi connectivity index (χ3v) is 3.37. The molecule has 1 aliphatic rings. The molecule has 1 atom stereocenters. The normalized spacial score (nSPS) is 16.6. The van der Waals surface area contributed by atoms with E-state index in [0.29, 0.717) is 6.54 Å². The molecule has 0 bridgehead atoms. The number of aliphatic carboxylic acids is 1. The molecule has 1 fully saturated rings. The van der Waals surface area contributed by atoms with Gasteiger partial charge in [0.2, 0.25) is 0 Å². The Morgan fingerprint density at radius 3 is 2.50 bits per heavy atom. The molecule has 1 heterocycles. The van der Waals surface area contributed by atoms with E-state index in [1.807, 2.05) is 12.1 Å². The topological polar surface area (TPSA) is 52.6 Å². The lowest BCUT2D eigenvalue weighted by molar-refractivity contribution is -0.140. The summed E-state index contributed by atoms with van der Waals surface area (Å²) in [6.45, 7) is 4.44. The SMILES string of the molecule is CC(CNc1ccc(N2CCCC2)cc1)C(=O)O. The molecule has 4 nitrogen and oxygen atoms in total. The number of carboxylic acids is 1. The van der Waals surface area contributed by atoms with Crippen LogP contribution in [0.5, 0.6) is 0 Å². The molecule has 0 saturated carbocycles. The molecule has 1 aliphatic heterocycles. The summed E-state index contributed by atoms with van der Waals surface area (Å²) in [6, 6.07) is 8.22. The van der Waals surface area contributed by atoms with Crippen LogP contribution in [0.25, 0.3) is 0 Å². The van der Waals surface area contributed by atoms with E-state index in [1.54, 1.807) is 6.92 Å². The largest absolute Gasteiger partial charge is 0.481 e. The molecule has 98 valence electrons. The lowest BCUT2D eigenvalue weighted by atomic mass is 10.2. The van der Waals surface area contributed by atoms with Crippen molar-refractivity contribution < 1.29 is 9.90 Å². The Morgan fingerprint density at radius 2 is 1.94 bits per heavy atom. The second kappa shape index (κ2) is 5.76. The van der Waals surface area contributed by atoms with Crippen molar-refractivity contribution >= 4 is 17.3 Å². The summed E-state index contributed by atoms with van der Waals surface area (Å²) in [5, 5.41) is 11.9. The number of hydrogen-bond donors (Lipinski definition) is 2. The van der Waals surface area contributed by atoms with Crippen molar-refractivity contribution in [1.29, 1.82) is 0 Å². The first kappa shape index (κ1) is 12.7. The van der Waals surface area contributed by atoms with Crippen molar-refractivity contribution in [2.24, 2.45) is 5.92 Å². The van der Waals surface area contributed by atoms with Gasteiger partial charge in [0, 0.05) is 31.0 Å². The van der Waals surface area contributed by atoms with Gasteiger partial charge in [0.25, 0.3) is 0 Å². The Bertz CT molecular complexity index is 397. The van der Waals surface area contributed by atoms with Gasteiger partial charge in [0.05, 0.1) is 5.92 Å². The van der Waals surface area contributed by atoms with E-state index in [9.17, 15) is 4.79 Å². The summed E-state index contributed by atoms with van der Waals surface area (Å²) in [5.41, 5.74) is 2.23. The van der Waals surface area contributed by atoms with Gasteiger partial charge in [-0.15, -0.1) is 0 Å². The summed E-state index contributed by atoms with van der Waals surface area (Å²) >= 11 is 0. The van der Waals surface area contributed by atoms with Gasteiger partial charge >= 0.3 is 5.97 Å². The average Bonchev–Trinajstić information content (AvgIpc) is 2.90. The first-order valence-corrected chi connectivity index (χ1v) is 6.48. The number of nitrogens with zero attached hydrogens (tertiary/aromatic N) is 1. The maximum absolute atomic E-state index is 10.7. The maximum Gasteiger partial charge on any atom is 0.308 e. The summed E-state index contributed by atoms with van der Waals surface area (Å²) in [6.07, 6.45) is 2.55. The molecule has 1 unspecified atom stereocenters. The Kier molecular flexibility index (Phi) is 4.07. The van der Waals surface area contributed by atoms with E-state index in [-0.39, 0.29) is 5.92 Å². The van der Waals surface area contributed by atoms with Crippen molar-refractivity contribution in [2.45, 2.75) is 19.8 Å². The predicted molar refractivity (Wildman–Crippen MR) is 73.2 cm³/mol. The fourth-order valence-corrected chi connectivity index (χ4v) is 2.12. The van der Waals surface area contributed by atoms with E-state index in [1.165, 1.54) is 18.5 Å². The van der Waals surface area contributed by atoms with Crippen molar-refractivity contribution in [3.63, 3.8) is 0 Å². The zero-order valence-corrected chi connectivity index (χ0v) is 10.7. The minimum absolute atomic E-state index is 0.372. The molecule has 4 heteroatoms. The van der Waals surface area contributed by atoms with Gasteiger partial charge in [-0.3, -0.25) is 4.79 Å². The van der Waals surface area contributed by atoms with Crippen LogP contribution in [0.2, 0.25) is 0 Å². The molecule has 0 amide bonds. The number of carbonyl (C=O) groups is 1. The van der Waals surface area contributed by atoms with Crippen LogP contribution in [0, 0.1) is 5.92 Å². The van der Waals surface area contributed by atoms with E-state index < -0.39 is 5.97 Å². The van der Waals surface area contributed by atoms with Gasteiger partial charge in [-0.2, -0.15) is 0 Å². The lowest BCUT2D eigenvalue weighted by Gasteiger charge is -2.18. The number of benzene rings is 1. The Labute approximate surface area is 108 Å². The Morgan fingerprint density at radius 1 is 1.33 bits per heavy atom. The van der Waals surface area contributed by atoms with Gasteiger partial charge in [-0.25, -0.2) is 0 Å². The summed E-state index contributed by atoms with van der Waals surface area (Å²) in [4.78, 5) is 13.1. The zero-order valence-electron chi connectivity index (χ0n) is 10.7. The molecule has 0 aromatic heterocycles. The van der Waals surface area contributed by atoms with E-state index >= 15 is 0 Å². The molecule has 0 radical (unpaired) electrons. The standard InChI is InChI=1S/C14H20N2O2/c1-11(14(17)18)10-15-12-4-6-13(7-5-12)16-8-2-3-9-16/h4-7,11,15H,2-3,8-10H2,1H3,(H,17,18). The molecule has 0 spiro atoms. The van der Waals surface area contributed by atoms with E-state index in [4.69, 9.17) is 5.11 Å². The number of hydrogen-bond acceptors (Lipinski definition) is 3. The van der Waals surface area contributed by atoms with Crippen molar-refractivity contribution in [2.75, 3.05) is 29.9 Å². The molecule has 0 aliphatic carbocycles. The van der Waals surface area contributed by atoms with Gasteiger partial charge in [-0.1, -0.05) is 6.92 Å². The molecular formula is C14H20N2O2. The van der Waals surface area contributed by atoms with Crippen LogP contribution >= 0.6 is 0 Å². The fourth-order valence-electron chi connectivity index (χ4n) is 2.12. The smallest absolute Gasteiger partial charge is 0.308 e. The monoisotopic (exact) mass is 248 g/mol. The van der Waals surface area contributed by atoms with Crippen LogP contribution in [-0.4, -0.2) is 30.7 Å². The Hall–Kier alpha value is -1.71. The molecule has 1 saturated heterocycles. The molecule has 2 N–H and O–H groups in total. The first-order valence-electron chi connectivity index (χ1n) is 6.48. The van der Waals surface area contributed by atoms with Gasteiger partial charge in [-0.05, 0) is 37.1 Å². The Balaban J connectivity index is 1.89. The second-order valence-corrected chi connectivity index (χ2v) is 4.86. The summed E-state index contributed by atoms with van der Waals surface area (Å²) in [7, 11) is 0. The van der Waals surface area contributed by atoms with Gasteiger partial charge in [0.1, 0.15) is 0 Å². The minimum Gasteiger partial charge on any atom is -0.481 e. The minimum atomic E-state index is -0.767. The molecule has 1 aromatic rings. The van der Waals surface area contributed by atoms with Gasteiger partial charge in [0.15, 0.2) is 0 Å². The third-order valence-electron chi connectivity index (χ3n) is 3.37. The fraction of sp³-hybridized carbons (Fsp3) is 0.500. The van der Waals surface area contributed by atoms with Crippen LogP contribution in [0.1, 0.15) is 19.8 Å². The lowest BCUT2D eigenvalue weighted by Crippen LogP contribution is -2.20. The van der Waals surface area contributed by atoms with Crippen LogP contribution in [-0.2, 0) is 4.79 Å². The third kappa shape index (κ3) is 3.15. The molecule has 18 heavy (non-hydrogen) atoms. The van der Waals surface area contributed by atoms with Crippen LogP contribution in [0.15, 0.2) is 24.3 Å². The van der Waals surface area contributed by atoms with Crippen LogP contribution in [0.4, 0.5) is 11.4 Å². The number of rotatable bonds is 5. The average molecular weight is 248 g/mol. The summed E-state index contributed by atoms with van der Waals surface area (Å²) < 4.78 is 0. The van der Waals surface area contributed by atoms with Crippen molar-refractivity contribution in [1.82, 2.24) is 0 Å². The van der Waals surface area contributed by atoms with Crippen molar-refractivity contribution in [3.05, 3.63) is 24.3 Å². The highest BCUT2D eigenvalue weighted by molar-refractivity contribution is 5.70. The first-order chi connectivity index (χ1) is 8.66. The van der Waals surface area contributed by atoms with Crippen LogP contribution < -0.4 is 10.2 Å². The predicted octanol–water partition coefficient (Wildman–Crippen LogP) is 2.42. The number of carboxylic acid groups (broad SMARTS) is 1. The number of anilines is 2. The quantitative estimate of drug-likeness (QED) is 0.840. The highest BCUT2D eigenvalue weighted by atomic mass is 16.4. The summed E-state index contributed by atoms with van der Waals surface area (Å²) in [5.74, 6) is -1.14. The maximum atomic E-state index is 10.7. The highest BCUT2D eigenvalue weighted by Gasteiger charge is 2.12. The van der Waals surface area contributed by atoms with Gasteiger partial charge < -0.3 is 15.3 Å². The van der Waals surface area contributed by atoms with E-state index in [2.05, 4.69) is 22.3 Å². The van der Waals surface area contributed by atoms with Crippen molar-refractivity contribution in [3.8, 4) is 0 Å².